The number of ether oxygens (including phenoxy) is 1. The summed E-state index contributed by atoms with van der Waals surface area (Å²) in [6, 6.07) is 3.77. The lowest BCUT2D eigenvalue weighted by Crippen LogP contribution is -1.92. The van der Waals surface area contributed by atoms with E-state index < -0.39 is 0 Å². The minimum absolute atomic E-state index is 0.248. The molecular formula is C11H11ClN2O2. The third-order valence-corrected chi connectivity index (χ3v) is 2.85. The van der Waals surface area contributed by atoms with Crippen LogP contribution in [-0.2, 0) is 0 Å². The van der Waals surface area contributed by atoms with Gasteiger partial charge in [-0.3, -0.25) is 0 Å². The molecule has 0 aliphatic carbocycles. The predicted octanol–water partition coefficient (Wildman–Crippen LogP) is 2.89. The number of halogens is 1. The van der Waals surface area contributed by atoms with E-state index in [9.17, 15) is 0 Å². The van der Waals surface area contributed by atoms with Crippen molar-refractivity contribution < 1.29 is 9.26 Å². The minimum atomic E-state index is 0.248. The second-order valence-corrected chi connectivity index (χ2v) is 3.76. The first kappa shape index (κ1) is 10.8. The van der Waals surface area contributed by atoms with Crippen molar-refractivity contribution in [3.05, 3.63) is 28.9 Å². The molecule has 1 aromatic heterocycles. The molecular weight excluding hydrogens is 228 g/mol. The molecule has 0 aliphatic rings. The number of anilines is 1. The maximum absolute atomic E-state index is 6.15. The van der Waals surface area contributed by atoms with Crippen molar-refractivity contribution in [3.8, 4) is 16.9 Å². The van der Waals surface area contributed by atoms with Gasteiger partial charge in [0.05, 0.1) is 23.9 Å². The van der Waals surface area contributed by atoms with Crippen LogP contribution in [0.4, 0.5) is 5.88 Å². The van der Waals surface area contributed by atoms with Gasteiger partial charge in [-0.05, 0) is 12.5 Å². The smallest absolute Gasteiger partial charge is 0.230 e. The van der Waals surface area contributed by atoms with Gasteiger partial charge in [-0.25, -0.2) is 0 Å². The van der Waals surface area contributed by atoms with Gasteiger partial charge >= 0.3 is 0 Å². The van der Waals surface area contributed by atoms with Crippen LogP contribution in [0.25, 0.3) is 11.1 Å². The molecule has 5 heteroatoms. The van der Waals surface area contributed by atoms with Crippen LogP contribution in [0.1, 0.15) is 5.56 Å². The number of rotatable bonds is 2. The number of aryl methyl sites for hydroxylation is 1. The zero-order valence-corrected chi connectivity index (χ0v) is 9.71. The number of aromatic nitrogens is 1. The summed E-state index contributed by atoms with van der Waals surface area (Å²) in [5.74, 6) is 0.829. The Bertz CT molecular complexity index is 523. The maximum Gasteiger partial charge on any atom is 0.230 e. The van der Waals surface area contributed by atoms with Crippen molar-refractivity contribution in [3.63, 3.8) is 0 Å². The van der Waals surface area contributed by atoms with Crippen LogP contribution >= 0.6 is 11.6 Å². The van der Waals surface area contributed by atoms with Crippen LogP contribution in [0, 0.1) is 6.92 Å². The molecule has 4 nitrogen and oxygen atoms in total. The zero-order valence-electron chi connectivity index (χ0n) is 8.95. The molecule has 0 spiro atoms. The van der Waals surface area contributed by atoms with E-state index in [2.05, 4.69) is 5.16 Å². The Hall–Kier alpha value is -1.68. The van der Waals surface area contributed by atoms with Crippen LogP contribution in [-0.4, -0.2) is 12.3 Å². The lowest BCUT2D eigenvalue weighted by atomic mass is 10.1. The van der Waals surface area contributed by atoms with Gasteiger partial charge in [0.25, 0.3) is 0 Å². The Balaban J connectivity index is 2.66. The van der Waals surface area contributed by atoms with Crippen LogP contribution in [0.5, 0.6) is 5.75 Å². The largest absolute Gasteiger partial charge is 0.495 e. The molecule has 0 unspecified atom stereocenters. The lowest BCUT2D eigenvalue weighted by Gasteiger charge is -2.10. The Morgan fingerprint density at radius 3 is 2.69 bits per heavy atom. The van der Waals surface area contributed by atoms with Crippen molar-refractivity contribution >= 4 is 17.5 Å². The summed E-state index contributed by atoms with van der Waals surface area (Å²) in [7, 11) is 1.56. The number of nitrogen functional groups attached to an aromatic ring is 1. The van der Waals surface area contributed by atoms with Crippen molar-refractivity contribution in [1.82, 2.24) is 5.16 Å². The Kier molecular flexibility index (Phi) is 2.75. The second kappa shape index (κ2) is 4.06. The van der Waals surface area contributed by atoms with Crippen LogP contribution < -0.4 is 10.5 Å². The Morgan fingerprint density at radius 1 is 1.38 bits per heavy atom. The number of nitrogens with zero attached hydrogens (tertiary/aromatic N) is 1. The normalized spacial score (nSPS) is 10.4. The Morgan fingerprint density at radius 2 is 2.12 bits per heavy atom. The number of methoxy groups -OCH3 is 1. The molecule has 84 valence electrons. The lowest BCUT2D eigenvalue weighted by molar-refractivity contribution is 0.416. The minimum Gasteiger partial charge on any atom is -0.495 e. The Labute approximate surface area is 97.9 Å². The molecule has 0 radical (unpaired) electrons. The first-order valence-corrected chi connectivity index (χ1v) is 5.06. The zero-order chi connectivity index (χ0) is 11.7. The molecule has 0 atom stereocenters. The molecule has 2 N–H and O–H groups in total. The third kappa shape index (κ3) is 1.61. The van der Waals surface area contributed by atoms with Gasteiger partial charge in [0.15, 0.2) is 0 Å². The quantitative estimate of drug-likeness (QED) is 0.874. The van der Waals surface area contributed by atoms with Crippen molar-refractivity contribution in [1.29, 1.82) is 0 Å². The summed E-state index contributed by atoms with van der Waals surface area (Å²) in [5.41, 5.74) is 8.05. The summed E-state index contributed by atoms with van der Waals surface area (Å²) in [6.07, 6.45) is 1.54. The SMILES string of the molecule is COc1c(-c2cnoc2N)ccc(C)c1Cl. The topological polar surface area (TPSA) is 61.3 Å². The van der Waals surface area contributed by atoms with Gasteiger partial charge in [0.2, 0.25) is 5.88 Å². The van der Waals surface area contributed by atoms with E-state index in [0.717, 1.165) is 11.1 Å². The van der Waals surface area contributed by atoms with Crippen LogP contribution in [0.2, 0.25) is 5.02 Å². The third-order valence-electron chi connectivity index (χ3n) is 2.38. The number of nitrogens with two attached hydrogens (primary N) is 1. The van der Waals surface area contributed by atoms with Crippen LogP contribution in [0.15, 0.2) is 22.9 Å². The summed E-state index contributed by atoms with van der Waals surface area (Å²) >= 11 is 6.15. The molecule has 2 aromatic rings. The average molecular weight is 239 g/mol. The molecule has 0 aliphatic heterocycles. The first-order chi connectivity index (χ1) is 7.65. The number of benzene rings is 1. The summed E-state index contributed by atoms with van der Waals surface area (Å²) in [6.45, 7) is 1.91. The molecule has 2 rings (SSSR count). The fourth-order valence-electron chi connectivity index (χ4n) is 1.52. The second-order valence-electron chi connectivity index (χ2n) is 3.38. The highest BCUT2D eigenvalue weighted by atomic mass is 35.5. The molecule has 0 saturated heterocycles. The van der Waals surface area contributed by atoms with E-state index in [0.29, 0.717) is 16.3 Å². The predicted molar refractivity (Wildman–Crippen MR) is 62.7 cm³/mol. The van der Waals surface area contributed by atoms with E-state index in [4.69, 9.17) is 26.6 Å². The molecule has 16 heavy (non-hydrogen) atoms. The van der Waals surface area contributed by atoms with E-state index in [-0.39, 0.29) is 5.88 Å². The highest BCUT2D eigenvalue weighted by molar-refractivity contribution is 6.33. The number of hydrogen-bond acceptors (Lipinski definition) is 4. The van der Waals surface area contributed by atoms with Gasteiger partial charge in [-0.1, -0.05) is 28.9 Å². The highest BCUT2D eigenvalue weighted by Gasteiger charge is 2.16. The monoisotopic (exact) mass is 238 g/mol. The van der Waals surface area contributed by atoms with Crippen molar-refractivity contribution in [2.75, 3.05) is 12.8 Å². The average Bonchev–Trinajstić information content (AvgIpc) is 2.68. The molecule has 0 bridgehead atoms. The number of hydrogen-bond donors (Lipinski definition) is 1. The van der Waals surface area contributed by atoms with E-state index >= 15 is 0 Å². The van der Waals surface area contributed by atoms with Crippen LogP contribution in [0.3, 0.4) is 0 Å². The van der Waals surface area contributed by atoms with E-state index in [1.807, 2.05) is 19.1 Å². The summed E-state index contributed by atoms with van der Waals surface area (Å²) in [5, 5.41) is 4.20. The van der Waals surface area contributed by atoms with E-state index in [1.165, 1.54) is 0 Å². The van der Waals surface area contributed by atoms with Crippen molar-refractivity contribution in [2.24, 2.45) is 0 Å². The van der Waals surface area contributed by atoms with Gasteiger partial charge in [-0.2, -0.15) is 0 Å². The van der Waals surface area contributed by atoms with Gasteiger partial charge in [0, 0.05) is 5.56 Å². The highest BCUT2D eigenvalue weighted by Crippen LogP contribution is 2.39. The summed E-state index contributed by atoms with van der Waals surface area (Å²) < 4.78 is 10.1. The molecule has 0 fully saturated rings. The first-order valence-electron chi connectivity index (χ1n) is 4.68. The van der Waals surface area contributed by atoms with Gasteiger partial charge < -0.3 is 15.0 Å². The molecule has 0 saturated carbocycles. The fraction of sp³-hybridized carbons (Fsp3) is 0.182. The van der Waals surface area contributed by atoms with Gasteiger partial charge in [-0.15, -0.1) is 0 Å². The summed E-state index contributed by atoms with van der Waals surface area (Å²) in [4.78, 5) is 0. The fourth-order valence-corrected chi connectivity index (χ4v) is 1.76. The molecule has 0 amide bonds. The molecule has 1 aromatic carbocycles. The standard InChI is InChI=1S/C11H11ClN2O2/c1-6-3-4-7(10(15-2)9(6)12)8-5-14-16-11(8)13/h3-5H,13H2,1-2H3. The van der Waals surface area contributed by atoms with Gasteiger partial charge in [0.1, 0.15) is 5.75 Å². The molecule has 1 heterocycles. The maximum atomic E-state index is 6.15. The van der Waals surface area contributed by atoms with Crippen molar-refractivity contribution in [2.45, 2.75) is 6.92 Å². The van der Waals surface area contributed by atoms with E-state index in [1.54, 1.807) is 13.3 Å².